The molecule has 0 unspecified atom stereocenters. The number of aromatic nitrogens is 1. The van der Waals surface area contributed by atoms with Gasteiger partial charge in [-0.15, -0.1) is 0 Å². The monoisotopic (exact) mass is 788 g/mol. The molecule has 12 rings (SSSR count). The highest BCUT2D eigenvalue weighted by Crippen LogP contribution is 2.41. The minimum Gasteiger partial charge on any atom is -0.310 e. The van der Waals surface area contributed by atoms with Gasteiger partial charge in [0.1, 0.15) is 0 Å². The lowest BCUT2D eigenvalue weighted by molar-refractivity contribution is 1.18. The first-order valence-corrected chi connectivity index (χ1v) is 21.3. The topological polar surface area (TPSA) is 8.17 Å². The van der Waals surface area contributed by atoms with Crippen molar-refractivity contribution >= 4 is 71.2 Å². The SMILES string of the molecule is c1ccc(-c2cccc(N(c3ccc(-c4ccc5ccc6c7ccccc7ccc6c5c4)cc3)c3ccc(-c4ccccc4-n4c5ccccc5c5ccccc54)cc3)c2)cc1. The number of rotatable bonds is 7. The van der Waals surface area contributed by atoms with Crippen LogP contribution >= 0.6 is 0 Å². The molecule has 0 fully saturated rings. The number of benzene rings is 11. The fourth-order valence-corrected chi connectivity index (χ4v) is 9.59. The summed E-state index contributed by atoms with van der Waals surface area (Å²) in [5.41, 5.74) is 14.0. The Balaban J connectivity index is 0.951. The van der Waals surface area contributed by atoms with Gasteiger partial charge < -0.3 is 9.47 Å². The average molecular weight is 789 g/mol. The number of para-hydroxylation sites is 3. The maximum atomic E-state index is 2.41. The molecule has 1 aromatic heterocycles. The van der Waals surface area contributed by atoms with Gasteiger partial charge >= 0.3 is 0 Å². The molecular formula is C60H40N2. The molecule has 0 atom stereocenters. The molecule has 0 N–H and O–H groups in total. The zero-order chi connectivity index (χ0) is 41.0. The molecule has 11 aromatic carbocycles. The molecular weight excluding hydrogens is 749 g/mol. The summed E-state index contributed by atoms with van der Waals surface area (Å²) < 4.78 is 2.41. The molecule has 12 aromatic rings. The van der Waals surface area contributed by atoms with Gasteiger partial charge in [-0.1, -0.05) is 182 Å². The van der Waals surface area contributed by atoms with E-state index in [0.29, 0.717) is 0 Å². The van der Waals surface area contributed by atoms with Crippen LogP contribution in [0.5, 0.6) is 0 Å². The van der Waals surface area contributed by atoms with Crippen LogP contribution < -0.4 is 4.90 Å². The Hall–Kier alpha value is -8.20. The number of hydrogen-bond donors (Lipinski definition) is 0. The summed E-state index contributed by atoms with van der Waals surface area (Å²) in [6.07, 6.45) is 0. The van der Waals surface area contributed by atoms with Crippen molar-refractivity contribution in [2.45, 2.75) is 0 Å². The lowest BCUT2D eigenvalue weighted by Gasteiger charge is -2.26. The Morgan fingerprint density at radius 3 is 1.48 bits per heavy atom. The highest BCUT2D eigenvalue weighted by Gasteiger charge is 2.18. The third-order valence-electron chi connectivity index (χ3n) is 12.6. The van der Waals surface area contributed by atoms with Crippen molar-refractivity contribution in [2.24, 2.45) is 0 Å². The summed E-state index contributed by atoms with van der Waals surface area (Å²) in [6.45, 7) is 0. The zero-order valence-electron chi connectivity index (χ0n) is 34.0. The van der Waals surface area contributed by atoms with E-state index in [4.69, 9.17) is 0 Å². The van der Waals surface area contributed by atoms with Crippen molar-refractivity contribution in [2.75, 3.05) is 4.90 Å². The van der Waals surface area contributed by atoms with E-state index < -0.39 is 0 Å². The molecule has 2 nitrogen and oxygen atoms in total. The molecule has 0 saturated heterocycles. The summed E-state index contributed by atoms with van der Waals surface area (Å²) in [4.78, 5) is 2.37. The van der Waals surface area contributed by atoms with Gasteiger partial charge in [0.2, 0.25) is 0 Å². The summed E-state index contributed by atoms with van der Waals surface area (Å²) in [6, 6.07) is 88.4. The lowest BCUT2D eigenvalue weighted by atomic mass is 9.94. The molecule has 290 valence electrons. The van der Waals surface area contributed by atoms with E-state index in [0.717, 1.165) is 28.3 Å². The highest BCUT2D eigenvalue weighted by atomic mass is 15.1. The van der Waals surface area contributed by atoms with Gasteiger partial charge in [-0.05, 0) is 121 Å². The Bertz CT molecular complexity index is 3560. The van der Waals surface area contributed by atoms with E-state index in [-0.39, 0.29) is 0 Å². The number of fused-ring (bicyclic) bond motifs is 8. The molecule has 0 saturated carbocycles. The third-order valence-corrected chi connectivity index (χ3v) is 12.6. The Kier molecular flexibility index (Phi) is 8.53. The molecule has 0 bridgehead atoms. The number of anilines is 3. The first-order valence-electron chi connectivity index (χ1n) is 21.3. The van der Waals surface area contributed by atoms with Crippen LogP contribution in [-0.4, -0.2) is 4.57 Å². The van der Waals surface area contributed by atoms with Crippen LogP contribution in [0.1, 0.15) is 0 Å². The van der Waals surface area contributed by atoms with Crippen LogP contribution in [0.4, 0.5) is 17.1 Å². The van der Waals surface area contributed by atoms with Crippen molar-refractivity contribution < 1.29 is 0 Å². The molecule has 0 aliphatic rings. The smallest absolute Gasteiger partial charge is 0.0541 e. The largest absolute Gasteiger partial charge is 0.310 e. The molecule has 62 heavy (non-hydrogen) atoms. The molecule has 0 aliphatic carbocycles. The van der Waals surface area contributed by atoms with Crippen molar-refractivity contribution in [3.8, 4) is 39.1 Å². The minimum absolute atomic E-state index is 1.09. The van der Waals surface area contributed by atoms with E-state index >= 15 is 0 Å². The maximum absolute atomic E-state index is 2.41. The summed E-state index contributed by atoms with van der Waals surface area (Å²) in [5.74, 6) is 0. The highest BCUT2D eigenvalue weighted by molar-refractivity contribution is 6.18. The van der Waals surface area contributed by atoms with Gasteiger partial charge in [-0.25, -0.2) is 0 Å². The quantitative estimate of drug-likeness (QED) is 0.146. The second-order valence-corrected chi connectivity index (χ2v) is 16.1. The Morgan fingerprint density at radius 1 is 0.258 bits per heavy atom. The first kappa shape index (κ1) is 35.7. The van der Waals surface area contributed by atoms with Gasteiger partial charge in [-0.2, -0.15) is 0 Å². The van der Waals surface area contributed by atoms with Gasteiger partial charge in [0.25, 0.3) is 0 Å². The molecule has 0 amide bonds. The normalized spacial score (nSPS) is 11.5. The molecule has 2 heteroatoms. The van der Waals surface area contributed by atoms with Gasteiger partial charge in [-0.3, -0.25) is 0 Å². The van der Waals surface area contributed by atoms with Crippen LogP contribution in [0.2, 0.25) is 0 Å². The van der Waals surface area contributed by atoms with Crippen molar-refractivity contribution in [1.82, 2.24) is 4.57 Å². The second kappa shape index (κ2) is 14.8. The first-order chi connectivity index (χ1) is 30.7. The fraction of sp³-hybridized carbons (Fsp3) is 0. The van der Waals surface area contributed by atoms with Crippen molar-refractivity contribution in [1.29, 1.82) is 0 Å². The Morgan fingerprint density at radius 2 is 0.758 bits per heavy atom. The summed E-state index contributed by atoms with van der Waals surface area (Å²) in [5, 5.41) is 10.2. The molecule has 1 heterocycles. The predicted molar refractivity (Wildman–Crippen MR) is 264 cm³/mol. The minimum atomic E-state index is 1.09. The van der Waals surface area contributed by atoms with Crippen LogP contribution in [0, 0.1) is 0 Å². The van der Waals surface area contributed by atoms with Crippen LogP contribution in [0.3, 0.4) is 0 Å². The molecule has 0 aliphatic heterocycles. The third kappa shape index (κ3) is 6.04. The summed E-state index contributed by atoms with van der Waals surface area (Å²) >= 11 is 0. The van der Waals surface area contributed by atoms with Crippen LogP contribution in [0.25, 0.3) is 93.2 Å². The summed E-state index contributed by atoms with van der Waals surface area (Å²) in [7, 11) is 0. The zero-order valence-corrected chi connectivity index (χ0v) is 34.0. The predicted octanol–water partition coefficient (Wildman–Crippen LogP) is 16.7. The van der Waals surface area contributed by atoms with E-state index in [1.165, 1.54) is 81.9 Å². The lowest BCUT2D eigenvalue weighted by Crippen LogP contribution is -2.10. The van der Waals surface area contributed by atoms with E-state index in [2.05, 4.69) is 252 Å². The number of nitrogens with zero attached hydrogens (tertiary/aromatic N) is 2. The van der Waals surface area contributed by atoms with E-state index in [1.807, 2.05) is 0 Å². The van der Waals surface area contributed by atoms with Crippen LogP contribution in [0.15, 0.2) is 243 Å². The number of hydrogen-bond acceptors (Lipinski definition) is 1. The van der Waals surface area contributed by atoms with E-state index in [1.54, 1.807) is 0 Å². The van der Waals surface area contributed by atoms with Gasteiger partial charge in [0.05, 0.1) is 16.7 Å². The Labute approximate surface area is 360 Å². The van der Waals surface area contributed by atoms with Gasteiger partial charge in [0.15, 0.2) is 0 Å². The van der Waals surface area contributed by atoms with Crippen molar-refractivity contribution in [3.05, 3.63) is 243 Å². The van der Waals surface area contributed by atoms with Crippen molar-refractivity contribution in [3.63, 3.8) is 0 Å². The second-order valence-electron chi connectivity index (χ2n) is 16.1. The average Bonchev–Trinajstić information content (AvgIpc) is 3.69. The molecule has 0 spiro atoms. The standard InChI is InChI=1S/C60H40N2/c1-2-13-41(14-3-1)46-16-12-17-50(39-46)61(48-33-27-42(28-34-48)47-26-25-45-32-37-53-51-18-5-4-15-43(51)31-38-54(53)57(45)40-47)49-35-29-44(30-36-49)52-19-6-9-22-58(52)62-59-23-10-7-20-55(59)56-21-8-11-24-60(56)62/h1-40H. The maximum Gasteiger partial charge on any atom is 0.0541 e. The van der Waals surface area contributed by atoms with E-state index in [9.17, 15) is 0 Å². The van der Waals surface area contributed by atoms with Crippen LogP contribution in [-0.2, 0) is 0 Å². The molecule has 0 radical (unpaired) electrons. The van der Waals surface area contributed by atoms with Gasteiger partial charge in [0, 0.05) is 33.4 Å². The fourth-order valence-electron chi connectivity index (χ4n) is 9.59.